The molecule has 2 aromatic rings. The Morgan fingerprint density at radius 1 is 1.12 bits per heavy atom. The predicted octanol–water partition coefficient (Wildman–Crippen LogP) is 4.95. The number of benzene rings is 2. The summed E-state index contributed by atoms with van der Waals surface area (Å²) < 4.78 is 5.04. The van der Waals surface area contributed by atoms with Crippen molar-refractivity contribution in [1.82, 2.24) is 0 Å². The number of amides is 2. The fourth-order valence-electron chi connectivity index (χ4n) is 2.25. The number of ether oxygens (including phenoxy) is 1. The fourth-order valence-corrected chi connectivity index (χ4v) is 3.38. The van der Waals surface area contributed by atoms with Crippen LogP contribution in [0, 0.1) is 0 Å². The third kappa shape index (κ3) is 3.46. The number of hydrogen-bond acceptors (Lipinski definition) is 5. The summed E-state index contributed by atoms with van der Waals surface area (Å²) in [5, 5.41) is 9.79. The summed E-state index contributed by atoms with van der Waals surface area (Å²) in [4.78, 5) is 26.1. The van der Waals surface area contributed by atoms with Crippen molar-refractivity contribution in [2.75, 3.05) is 12.0 Å². The molecule has 0 atom stereocenters. The van der Waals surface area contributed by atoms with E-state index in [9.17, 15) is 14.7 Å². The average molecular weight is 396 g/mol. The number of carbonyl (C=O) groups is 2. The molecule has 0 radical (unpaired) electrons. The van der Waals surface area contributed by atoms with E-state index in [-0.39, 0.29) is 21.4 Å². The number of phenolic OH excluding ortho intramolecular Hbond substituents is 1. The highest BCUT2D eigenvalue weighted by atomic mass is 35.5. The van der Waals surface area contributed by atoms with Crippen LogP contribution in [0.2, 0.25) is 10.0 Å². The van der Waals surface area contributed by atoms with Crippen LogP contribution in [0.15, 0.2) is 41.3 Å². The van der Waals surface area contributed by atoms with Gasteiger partial charge in [-0.15, -0.1) is 0 Å². The number of anilines is 1. The smallest absolute Gasteiger partial charge is 0.298 e. The highest BCUT2D eigenvalue weighted by molar-refractivity contribution is 8.19. The van der Waals surface area contributed by atoms with Gasteiger partial charge in [0, 0.05) is 0 Å². The van der Waals surface area contributed by atoms with Crippen LogP contribution in [0.1, 0.15) is 5.56 Å². The van der Waals surface area contributed by atoms with Gasteiger partial charge >= 0.3 is 0 Å². The van der Waals surface area contributed by atoms with E-state index in [0.717, 1.165) is 16.7 Å². The Hall–Kier alpha value is -2.15. The van der Waals surface area contributed by atoms with Gasteiger partial charge in [0.25, 0.3) is 11.1 Å². The number of aromatic hydroxyl groups is 1. The van der Waals surface area contributed by atoms with Crippen molar-refractivity contribution in [2.24, 2.45) is 0 Å². The van der Waals surface area contributed by atoms with Gasteiger partial charge in [-0.25, -0.2) is 4.90 Å². The molecule has 2 aromatic carbocycles. The van der Waals surface area contributed by atoms with Gasteiger partial charge in [-0.1, -0.05) is 29.3 Å². The van der Waals surface area contributed by atoms with Crippen LogP contribution in [-0.4, -0.2) is 23.4 Å². The molecule has 0 aromatic heterocycles. The topological polar surface area (TPSA) is 66.8 Å². The Morgan fingerprint density at radius 2 is 1.88 bits per heavy atom. The molecule has 128 valence electrons. The molecule has 8 heteroatoms. The summed E-state index contributed by atoms with van der Waals surface area (Å²) in [7, 11) is 1.43. The number of rotatable bonds is 3. The third-order valence-electron chi connectivity index (χ3n) is 3.46. The molecule has 1 aliphatic heterocycles. The van der Waals surface area contributed by atoms with Crippen LogP contribution in [0.3, 0.4) is 0 Å². The predicted molar refractivity (Wildman–Crippen MR) is 99.6 cm³/mol. The maximum absolute atomic E-state index is 12.6. The van der Waals surface area contributed by atoms with Crippen molar-refractivity contribution in [3.05, 3.63) is 56.9 Å². The minimum Gasteiger partial charge on any atom is -0.504 e. The molecule has 1 aliphatic rings. The Morgan fingerprint density at radius 3 is 2.56 bits per heavy atom. The Balaban J connectivity index is 1.94. The number of hydrogen-bond donors (Lipinski definition) is 1. The first kappa shape index (κ1) is 17.7. The molecule has 2 amide bonds. The van der Waals surface area contributed by atoms with Crippen LogP contribution >= 0.6 is 35.0 Å². The normalized spacial score (nSPS) is 16.0. The number of imide groups is 1. The molecule has 1 saturated heterocycles. The first-order valence-electron chi connectivity index (χ1n) is 7.00. The Bertz CT molecular complexity index is 914. The van der Waals surface area contributed by atoms with Crippen LogP contribution in [0.4, 0.5) is 10.5 Å². The van der Waals surface area contributed by atoms with Gasteiger partial charge in [0.1, 0.15) is 0 Å². The largest absolute Gasteiger partial charge is 0.504 e. The van der Waals surface area contributed by atoms with Gasteiger partial charge in [-0.2, -0.15) is 0 Å². The van der Waals surface area contributed by atoms with Gasteiger partial charge in [-0.3, -0.25) is 9.59 Å². The maximum Gasteiger partial charge on any atom is 0.298 e. The average Bonchev–Trinajstić information content (AvgIpc) is 2.86. The fraction of sp³-hybridized carbons (Fsp3) is 0.0588. The minimum absolute atomic E-state index is 0.0106. The maximum atomic E-state index is 12.6. The quantitative estimate of drug-likeness (QED) is 0.744. The number of nitrogens with zero attached hydrogens (tertiary/aromatic N) is 1. The highest BCUT2D eigenvalue weighted by Gasteiger charge is 2.36. The number of carbonyl (C=O) groups excluding carboxylic acids is 2. The summed E-state index contributed by atoms with van der Waals surface area (Å²) in [5.74, 6) is -0.193. The van der Waals surface area contributed by atoms with E-state index in [1.54, 1.807) is 24.3 Å². The molecule has 5 nitrogen and oxygen atoms in total. The SMILES string of the molecule is COc1cc(/C=C2\SC(=O)N(c3ccc(Cl)c(Cl)c3)C2=O)ccc1O. The van der Waals surface area contributed by atoms with E-state index in [0.29, 0.717) is 16.3 Å². The van der Waals surface area contributed by atoms with Crippen LogP contribution in [-0.2, 0) is 4.79 Å². The zero-order valence-corrected chi connectivity index (χ0v) is 15.2. The zero-order chi connectivity index (χ0) is 18.1. The lowest BCUT2D eigenvalue weighted by atomic mass is 10.2. The molecule has 0 saturated carbocycles. The molecule has 1 N–H and O–H groups in total. The highest BCUT2D eigenvalue weighted by Crippen LogP contribution is 2.38. The summed E-state index contributed by atoms with van der Waals surface area (Å²) >= 11 is 12.6. The summed E-state index contributed by atoms with van der Waals surface area (Å²) in [6, 6.07) is 9.18. The number of halogens is 2. The van der Waals surface area contributed by atoms with Crippen molar-refractivity contribution < 1.29 is 19.4 Å². The molecule has 0 spiro atoms. The Kier molecular flexibility index (Phi) is 4.94. The first-order chi connectivity index (χ1) is 11.9. The molecule has 0 aliphatic carbocycles. The molecule has 0 bridgehead atoms. The minimum atomic E-state index is -0.458. The molecule has 25 heavy (non-hydrogen) atoms. The van der Waals surface area contributed by atoms with Crippen molar-refractivity contribution >= 4 is 57.9 Å². The number of phenols is 1. The molecule has 1 heterocycles. The summed E-state index contributed by atoms with van der Waals surface area (Å²) in [6.45, 7) is 0. The lowest BCUT2D eigenvalue weighted by Gasteiger charge is -2.13. The van der Waals surface area contributed by atoms with Crippen LogP contribution < -0.4 is 9.64 Å². The standard InChI is InChI=1S/C17H11Cl2NO4S/c1-24-14-6-9(2-5-13(14)21)7-15-16(22)20(17(23)25-15)10-3-4-11(18)12(19)8-10/h2-8,21H,1H3/b15-7-. The van der Waals surface area contributed by atoms with E-state index in [1.807, 2.05) is 0 Å². The summed E-state index contributed by atoms with van der Waals surface area (Å²) in [5.41, 5.74) is 0.970. The van der Waals surface area contributed by atoms with E-state index in [4.69, 9.17) is 27.9 Å². The zero-order valence-electron chi connectivity index (χ0n) is 12.8. The second-order valence-electron chi connectivity index (χ2n) is 5.05. The van der Waals surface area contributed by atoms with Crippen LogP contribution in [0.5, 0.6) is 11.5 Å². The van der Waals surface area contributed by atoms with Crippen molar-refractivity contribution in [3.63, 3.8) is 0 Å². The summed E-state index contributed by atoms with van der Waals surface area (Å²) in [6.07, 6.45) is 1.56. The second-order valence-corrected chi connectivity index (χ2v) is 6.85. The molecular weight excluding hydrogens is 385 g/mol. The molecule has 3 rings (SSSR count). The number of thioether (sulfide) groups is 1. The van der Waals surface area contributed by atoms with Gasteiger partial charge in [0.2, 0.25) is 0 Å². The van der Waals surface area contributed by atoms with Gasteiger partial charge in [0.15, 0.2) is 11.5 Å². The lowest BCUT2D eigenvalue weighted by molar-refractivity contribution is -0.113. The number of methoxy groups -OCH3 is 1. The molecule has 1 fully saturated rings. The van der Waals surface area contributed by atoms with Gasteiger partial charge < -0.3 is 9.84 Å². The molecule has 0 unspecified atom stereocenters. The Labute approximate surface area is 157 Å². The van der Waals surface area contributed by atoms with E-state index < -0.39 is 11.1 Å². The monoisotopic (exact) mass is 395 g/mol. The third-order valence-corrected chi connectivity index (χ3v) is 5.07. The first-order valence-corrected chi connectivity index (χ1v) is 8.58. The second kappa shape index (κ2) is 7.00. The van der Waals surface area contributed by atoms with E-state index >= 15 is 0 Å². The van der Waals surface area contributed by atoms with Crippen molar-refractivity contribution in [1.29, 1.82) is 0 Å². The van der Waals surface area contributed by atoms with Crippen molar-refractivity contribution in [3.8, 4) is 11.5 Å². The van der Waals surface area contributed by atoms with Gasteiger partial charge in [0.05, 0.1) is 27.7 Å². The van der Waals surface area contributed by atoms with Gasteiger partial charge in [-0.05, 0) is 53.7 Å². The van der Waals surface area contributed by atoms with E-state index in [1.165, 1.54) is 25.3 Å². The molecular formula is C17H11Cl2NO4S. The van der Waals surface area contributed by atoms with E-state index in [2.05, 4.69) is 0 Å². The van der Waals surface area contributed by atoms with Crippen molar-refractivity contribution in [2.45, 2.75) is 0 Å². The lowest BCUT2D eigenvalue weighted by Crippen LogP contribution is -2.27. The van der Waals surface area contributed by atoms with Crippen LogP contribution in [0.25, 0.3) is 6.08 Å².